The summed E-state index contributed by atoms with van der Waals surface area (Å²) in [7, 11) is 0. The van der Waals surface area contributed by atoms with Crippen molar-refractivity contribution < 1.29 is 9.21 Å². The Hall–Kier alpha value is -3.22. The molecule has 4 rings (SSSR count). The van der Waals surface area contributed by atoms with Gasteiger partial charge in [-0.3, -0.25) is 9.59 Å². The van der Waals surface area contributed by atoms with Gasteiger partial charge >= 0.3 is 5.63 Å². The number of para-hydroxylation sites is 1. The number of fused-ring (bicyclic) bond motifs is 1. The smallest absolute Gasteiger partial charge is 0.349 e. The zero-order valence-electron chi connectivity index (χ0n) is 14.9. The number of carbonyl (C=O) groups is 1. The molecule has 1 fully saturated rings. The van der Waals surface area contributed by atoms with E-state index >= 15 is 0 Å². The predicted octanol–water partition coefficient (Wildman–Crippen LogP) is 2.20. The maximum Gasteiger partial charge on any atom is 0.349 e. The van der Waals surface area contributed by atoms with Crippen molar-refractivity contribution >= 4 is 16.9 Å². The third-order valence-electron chi connectivity index (χ3n) is 4.95. The van der Waals surface area contributed by atoms with E-state index in [1.165, 1.54) is 6.07 Å². The minimum Gasteiger partial charge on any atom is -0.422 e. The number of nitrogens with one attached hydrogen (secondary N) is 1. The lowest BCUT2D eigenvalue weighted by molar-refractivity contribution is 0.0708. The molecule has 0 radical (unpaired) electrons. The number of hydrogen-bond donors (Lipinski definition) is 1. The van der Waals surface area contributed by atoms with Crippen LogP contribution in [0.15, 0.2) is 50.4 Å². The maximum absolute atomic E-state index is 12.8. The second kappa shape index (κ2) is 6.83. The number of amides is 1. The van der Waals surface area contributed by atoms with E-state index in [9.17, 15) is 14.4 Å². The zero-order chi connectivity index (χ0) is 19.0. The minimum atomic E-state index is -0.618. The molecule has 0 atom stereocenters. The van der Waals surface area contributed by atoms with Crippen LogP contribution < -0.4 is 11.2 Å². The Kier molecular flexibility index (Phi) is 4.35. The molecule has 1 N–H and O–H groups in total. The van der Waals surface area contributed by atoms with Gasteiger partial charge in [0.2, 0.25) is 0 Å². The number of H-pyrrole nitrogens is 1. The first kappa shape index (κ1) is 17.2. The molecule has 0 aliphatic carbocycles. The van der Waals surface area contributed by atoms with E-state index in [2.05, 4.69) is 9.97 Å². The number of hydrogen-bond acceptors (Lipinski definition) is 5. The molecular formula is C20H19N3O4. The van der Waals surface area contributed by atoms with Gasteiger partial charge in [-0.15, -0.1) is 0 Å². The average molecular weight is 365 g/mol. The molecule has 138 valence electrons. The van der Waals surface area contributed by atoms with Crippen molar-refractivity contribution in [3.63, 3.8) is 0 Å². The van der Waals surface area contributed by atoms with Gasteiger partial charge in [0.15, 0.2) is 0 Å². The second-order valence-electron chi connectivity index (χ2n) is 6.81. The molecule has 1 aliphatic rings. The standard InChI is InChI=1S/C20H19N3O4/c1-12-21-16(11-18(24)22-12)13-6-8-23(9-7-13)19(25)15-10-14-4-2-3-5-17(14)27-20(15)26/h2-5,10-11,13H,6-9H2,1H3,(H,21,22,24). The topological polar surface area (TPSA) is 96.3 Å². The van der Waals surface area contributed by atoms with Crippen molar-refractivity contribution in [3.05, 3.63) is 74.3 Å². The predicted molar refractivity (Wildman–Crippen MR) is 100.0 cm³/mol. The summed E-state index contributed by atoms with van der Waals surface area (Å²) < 4.78 is 5.27. The largest absolute Gasteiger partial charge is 0.422 e. The van der Waals surface area contributed by atoms with Crippen molar-refractivity contribution in [2.45, 2.75) is 25.7 Å². The van der Waals surface area contributed by atoms with Crippen LogP contribution in [0.3, 0.4) is 0 Å². The van der Waals surface area contributed by atoms with E-state index in [0.717, 1.165) is 11.1 Å². The van der Waals surface area contributed by atoms with Crippen molar-refractivity contribution in [2.24, 2.45) is 0 Å². The fourth-order valence-electron chi connectivity index (χ4n) is 3.57. The number of aromatic amines is 1. The van der Waals surface area contributed by atoms with Crippen LogP contribution in [0.4, 0.5) is 0 Å². The first-order valence-corrected chi connectivity index (χ1v) is 8.91. The summed E-state index contributed by atoms with van der Waals surface area (Å²) in [6.45, 7) is 2.76. The van der Waals surface area contributed by atoms with E-state index in [-0.39, 0.29) is 22.9 Å². The number of rotatable bonds is 2. The third kappa shape index (κ3) is 3.40. The molecule has 3 heterocycles. The van der Waals surface area contributed by atoms with Gasteiger partial charge in [-0.05, 0) is 31.9 Å². The van der Waals surface area contributed by atoms with E-state index in [0.29, 0.717) is 37.3 Å². The van der Waals surface area contributed by atoms with Gasteiger partial charge in [-0.25, -0.2) is 9.78 Å². The molecular weight excluding hydrogens is 346 g/mol. The SMILES string of the molecule is Cc1nc(C2CCN(C(=O)c3cc4ccccc4oc3=O)CC2)cc(=O)[nH]1. The fraction of sp³-hybridized carbons (Fsp3) is 0.300. The summed E-state index contributed by atoms with van der Waals surface area (Å²) in [5.41, 5.74) is 0.497. The molecule has 0 bridgehead atoms. The molecule has 0 spiro atoms. The van der Waals surface area contributed by atoms with Gasteiger partial charge in [0, 0.05) is 30.5 Å². The number of aromatic nitrogens is 2. The Balaban J connectivity index is 1.53. The molecule has 1 amide bonds. The molecule has 2 aromatic heterocycles. The summed E-state index contributed by atoms with van der Waals surface area (Å²) in [5.74, 6) is 0.399. The molecule has 3 aromatic rings. The van der Waals surface area contributed by atoms with Crippen molar-refractivity contribution in [2.75, 3.05) is 13.1 Å². The van der Waals surface area contributed by atoms with Crippen LogP contribution in [0.1, 0.15) is 40.6 Å². The molecule has 0 saturated carbocycles. The molecule has 7 heteroatoms. The van der Waals surface area contributed by atoms with Gasteiger partial charge in [-0.2, -0.15) is 0 Å². The highest BCUT2D eigenvalue weighted by molar-refractivity contribution is 5.96. The van der Waals surface area contributed by atoms with Gasteiger partial charge in [0.25, 0.3) is 11.5 Å². The van der Waals surface area contributed by atoms with E-state index in [4.69, 9.17) is 4.42 Å². The lowest BCUT2D eigenvalue weighted by Gasteiger charge is -2.31. The third-order valence-corrected chi connectivity index (χ3v) is 4.95. The number of carbonyl (C=O) groups excluding carboxylic acids is 1. The summed E-state index contributed by atoms with van der Waals surface area (Å²) in [6, 6.07) is 10.2. The van der Waals surface area contributed by atoms with E-state index in [1.54, 1.807) is 30.0 Å². The summed E-state index contributed by atoms with van der Waals surface area (Å²) in [6.07, 6.45) is 1.39. The Morgan fingerprint density at radius 1 is 1.19 bits per heavy atom. The Morgan fingerprint density at radius 3 is 2.67 bits per heavy atom. The Morgan fingerprint density at radius 2 is 1.93 bits per heavy atom. The lowest BCUT2D eigenvalue weighted by Crippen LogP contribution is -2.40. The minimum absolute atomic E-state index is 0.0530. The first-order valence-electron chi connectivity index (χ1n) is 8.91. The van der Waals surface area contributed by atoms with Crippen LogP contribution >= 0.6 is 0 Å². The summed E-state index contributed by atoms with van der Waals surface area (Å²) in [5, 5.41) is 0.721. The van der Waals surface area contributed by atoms with Gasteiger partial charge in [0.05, 0.1) is 5.69 Å². The van der Waals surface area contributed by atoms with E-state index in [1.807, 2.05) is 12.1 Å². The van der Waals surface area contributed by atoms with Crippen LogP contribution in [0.25, 0.3) is 11.0 Å². The fourth-order valence-corrected chi connectivity index (χ4v) is 3.57. The van der Waals surface area contributed by atoms with Crippen LogP contribution in [-0.4, -0.2) is 33.9 Å². The molecule has 1 aromatic carbocycles. The first-order chi connectivity index (χ1) is 13.0. The normalized spacial score (nSPS) is 15.2. The lowest BCUT2D eigenvalue weighted by atomic mass is 9.93. The number of piperidine rings is 1. The highest BCUT2D eigenvalue weighted by atomic mass is 16.4. The van der Waals surface area contributed by atoms with Crippen LogP contribution in [0, 0.1) is 6.92 Å². The number of aryl methyl sites for hydroxylation is 1. The Labute approximate surface area is 154 Å². The quantitative estimate of drug-likeness (QED) is 0.703. The average Bonchev–Trinajstić information content (AvgIpc) is 2.66. The summed E-state index contributed by atoms with van der Waals surface area (Å²) >= 11 is 0. The van der Waals surface area contributed by atoms with Crippen molar-refractivity contribution in [1.29, 1.82) is 0 Å². The van der Waals surface area contributed by atoms with E-state index < -0.39 is 5.63 Å². The van der Waals surface area contributed by atoms with Crippen LogP contribution in [0.2, 0.25) is 0 Å². The zero-order valence-corrected chi connectivity index (χ0v) is 14.9. The Bertz CT molecular complexity index is 1120. The highest BCUT2D eigenvalue weighted by Gasteiger charge is 2.27. The molecule has 27 heavy (non-hydrogen) atoms. The second-order valence-corrected chi connectivity index (χ2v) is 6.81. The van der Waals surface area contributed by atoms with Gasteiger partial charge in [0.1, 0.15) is 17.0 Å². The molecule has 1 aliphatic heterocycles. The maximum atomic E-state index is 12.8. The number of likely N-dealkylation sites (tertiary alicyclic amines) is 1. The molecule has 7 nitrogen and oxygen atoms in total. The summed E-state index contributed by atoms with van der Waals surface area (Å²) in [4.78, 5) is 45.4. The van der Waals surface area contributed by atoms with Crippen molar-refractivity contribution in [3.8, 4) is 0 Å². The molecule has 0 unspecified atom stereocenters. The highest BCUT2D eigenvalue weighted by Crippen LogP contribution is 2.26. The monoisotopic (exact) mass is 365 g/mol. The van der Waals surface area contributed by atoms with Crippen LogP contribution in [-0.2, 0) is 0 Å². The number of benzene rings is 1. The van der Waals surface area contributed by atoms with Gasteiger partial charge in [-0.1, -0.05) is 18.2 Å². The molecule has 1 saturated heterocycles. The van der Waals surface area contributed by atoms with Gasteiger partial charge < -0.3 is 14.3 Å². The van der Waals surface area contributed by atoms with Crippen molar-refractivity contribution in [1.82, 2.24) is 14.9 Å². The van der Waals surface area contributed by atoms with Crippen LogP contribution in [0.5, 0.6) is 0 Å². The number of nitrogens with zero attached hydrogens (tertiary/aromatic N) is 2.